The summed E-state index contributed by atoms with van der Waals surface area (Å²) in [6.07, 6.45) is 0.223. The lowest BCUT2D eigenvalue weighted by Gasteiger charge is -2.30. The van der Waals surface area contributed by atoms with Crippen LogP contribution in [-0.2, 0) is 21.4 Å². The maximum Gasteiger partial charge on any atom is 0.244 e. The first-order valence-corrected chi connectivity index (χ1v) is 10.8. The molecular formula is C20H24ClFN2O4S. The zero-order chi connectivity index (χ0) is 21.8. The standard InChI is InChI=1S/C20H24ClFN2O4S/c1-13(2)10-18(20(23)25)24(12-14-4-9-19(28-3)17(22)11-14)29(26,27)16-7-5-15(21)6-8-16/h4-9,11,13,18H,10,12H2,1-3H3,(H2,23,25)/t18-/m1/s1. The van der Waals surface area contributed by atoms with Gasteiger partial charge in [0.05, 0.1) is 12.0 Å². The molecule has 158 valence electrons. The van der Waals surface area contributed by atoms with E-state index in [9.17, 15) is 17.6 Å². The third-order valence-electron chi connectivity index (χ3n) is 4.35. The number of methoxy groups -OCH3 is 1. The summed E-state index contributed by atoms with van der Waals surface area (Å²) in [6, 6.07) is 8.62. The Morgan fingerprint density at radius 1 is 1.21 bits per heavy atom. The number of sulfonamides is 1. The van der Waals surface area contributed by atoms with E-state index in [1.54, 1.807) is 6.07 Å². The van der Waals surface area contributed by atoms with E-state index in [0.717, 1.165) is 4.31 Å². The van der Waals surface area contributed by atoms with Gasteiger partial charge in [-0.3, -0.25) is 4.79 Å². The number of ether oxygens (including phenoxy) is 1. The first-order valence-electron chi connectivity index (χ1n) is 8.95. The number of nitrogens with two attached hydrogens (primary N) is 1. The number of rotatable bonds is 9. The van der Waals surface area contributed by atoms with Crippen molar-refractivity contribution in [2.24, 2.45) is 11.7 Å². The molecule has 2 rings (SSSR count). The second-order valence-electron chi connectivity index (χ2n) is 7.02. The van der Waals surface area contributed by atoms with Gasteiger partial charge in [-0.25, -0.2) is 12.8 Å². The Balaban J connectivity index is 2.53. The molecule has 0 heterocycles. The predicted octanol–water partition coefficient (Wildman–Crippen LogP) is 3.58. The molecule has 0 aliphatic rings. The molecule has 6 nitrogen and oxygen atoms in total. The lowest BCUT2D eigenvalue weighted by molar-refractivity contribution is -0.122. The normalized spacial score (nSPS) is 12.9. The highest BCUT2D eigenvalue weighted by Crippen LogP contribution is 2.27. The molecule has 0 aromatic heterocycles. The summed E-state index contributed by atoms with van der Waals surface area (Å²) in [5.74, 6) is -1.36. The Morgan fingerprint density at radius 2 is 1.83 bits per heavy atom. The number of carbonyl (C=O) groups excluding carboxylic acids is 1. The van der Waals surface area contributed by atoms with Crippen molar-refractivity contribution in [3.05, 3.63) is 58.9 Å². The fourth-order valence-electron chi connectivity index (χ4n) is 2.91. The maximum atomic E-state index is 14.1. The maximum absolute atomic E-state index is 14.1. The first-order chi connectivity index (χ1) is 13.6. The number of carbonyl (C=O) groups is 1. The van der Waals surface area contributed by atoms with Gasteiger partial charge in [0.2, 0.25) is 15.9 Å². The van der Waals surface area contributed by atoms with Gasteiger partial charge in [-0.2, -0.15) is 4.31 Å². The topological polar surface area (TPSA) is 89.7 Å². The summed E-state index contributed by atoms with van der Waals surface area (Å²) >= 11 is 5.86. The van der Waals surface area contributed by atoms with Gasteiger partial charge in [0.15, 0.2) is 11.6 Å². The molecule has 2 aromatic rings. The Hall–Kier alpha value is -2.16. The van der Waals surface area contributed by atoms with Crippen molar-refractivity contribution < 1.29 is 22.3 Å². The molecule has 0 radical (unpaired) electrons. The largest absolute Gasteiger partial charge is 0.494 e. The van der Waals surface area contributed by atoms with Crippen LogP contribution >= 0.6 is 11.6 Å². The fraction of sp³-hybridized carbons (Fsp3) is 0.350. The monoisotopic (exact) mass is 442 g/mol. The molecular weight excluding hydrogens is 419 g/mol. The molecule has 0 saturated carbocycles. The second kappa shape index (κ2) is 9.56. The highest BCUT2D eigenvalue weighted by atomic mass is 35.5. The predicted molar refractivity (Wildman–Crippen MR) is 110 cm³/mol. The molecule has 0 aliphatic carbocycles. The molecule has 1 amide bonds. The van der Waals surface area contributed by atoms with E-state index in [2.05, 4.69) is 0 Å². The third-order valence-corrected chi connectivity index (χ3v) is 6.47. The van der Waals surface area contributed by atoms with E-state index in [-0.39, 0.29) is 29.5 Å². The van der Waals surface area contributed by atoms with Crippen LogP contribution in [0.5, 0.6) is 5.75 Å². The van der Waals surface area contributed by atoms with Crippen molar-refractivity contribution in [1.82, 2.24) is 4.31 Å². The number of nitrogens with zero attached hydrogens (tertiary/aromatic N) is 1. The molecule has 9 heteroatoms. The molecule has 0 bridgehead atoms. The SMILES string of the molecule is COc1ccc(CN([C@H](CC(C)C)C(N)=O)S(=O)(=O)c2ccc(Cl)cc2)cc1F. The van der Waals surface area contributed by atoms with Crippen LogP contribution in [0.2, 0.25) is 5.02 Å². The Kier molecular flexibility index (Phi) is 7.62. The minimum atomic E-state index is -4.11. The zero-order valence-corrected chi connectivity index (χ0v) is 18.0. The van der Waals surface area contributed by atoms with Crippen LogP contribution in [-0.4, -0.2) is 31.8 Å². The summed E-state index contributed by atoms with van der Waals surface area (Å²) in [5, 5.41) is 0.376. The molecule has 0 fully saturated rings. The van der Waals surface area contributed by atoms with Gasteiger partial charge in [-0.1, -0.05) is 31.5 Å². The number of hydrogen-bond acceptors (Lipinski definition) is 4. The molecule has 2 N–H and O–H groups in total. The summed E-state index contributed by atoms with van der Waals surface area (Å²) in [6.45, 7) is 3.48. The third kappa shape index (κ3) is 5.68. The Bertz CT molecular complexity index is 965. The summed E-state index contributed by atoms with van der Waals surface area (Å²) in [4.78, 5) is 12.1. The van der Waals surface area contributed by atoms with Gasteiger partial charge in [0.25, 0.3) is 0 Å². The molecule has 0 saturated heterocycles. The van der Waals surface area contributed by atoms with Crippen LogP contribution in [0, 0.1) is 11.7 Å². The van der Waals surface area contributed by atoms with Crippen molar-refractivity contribution in [3.8, 4) is 5.75 Å². The van der Waals surface area contributed by atoms with Gasteiger partial charge in [-0.05, 0) is 54.3 Å². The van der Waals surface area contributed by atoms with Crippen molar-refractivity contribution in [2.45, 2.75) is 37.8 Å². The molecule has 0 unspecified atom stereocenters. The van der Waals surface area contributed by atoms with Crippen molar-refractivity contribution in [2.75, 3.05) is 7.11 Å². The lowest BCUT2D eigenvalue weighted by Crippen LogP contribution is -2.48. The number of amides is 1. The average molecular weight is 443 g/mol. The summed E-state index contributed by atoms with van der Waals surface area (Å²) in [7, 11) is -2.78. The smallest absolute Gasteiger partial charge is 0.244 e. The van der Waals surface area contributed by atoms with E-state index >= 15 is 0 Å². The fourth-order valence-corrected chi connectivity index (χ4v) is 4.64. The van der Waals surface area contributed by atoms with E-state index in [4.69, 9.17) is 22.1 Å². The lowest BCUT2D eigenvalue weighted by atomic mass is 10.0. The molecule has 29 heavy (non-hydrogen) atoms. The van der Waals surface area contributed by atoms with Crippen molar-refractivity contribution in [1.29, 1.82) is 0 Å². The van der Waals surface area contributed by atoms with Gasteiger partial charge < -0.3 is 10.5 Å². The number of halogens is 2. The molecule has 1 atom stereocenters. The van der Waals surface area contributed by atoms with E-state index in [1.807, 2.05) is 13.8 Å². The summed E-state index contributed by atoms with van der Waals surface area (Å²) in [5.41, 5.74) is 5.91. The second-order valence-corrected chi connectivity index (χ2v) is 9.35. The van der Waals surface area contributed by atoms with Crippen LogP contribution in [0.15, 0.2) is 47.4 Å². The van der Waals surface area contributed by atoms with Crippen LogP contribution in [0.3, 0.4) is 0 Å². The quantitative estimate of drug-likeness (QED) is 0.642. The molecule has 0 aliphatic heterocycles. The van der Waals surface area contributed by atoms with Crippen LogP contribution in [0.4, 0.5) is 4.39 Å². The van der Waals surface area contributed by atoms with Gasteiger partial charge in [0, 0.05) is 11.6 Å². The van der Waals surface area contributed by atoms with E-state index in [1.165, 1.54) is 43.5 Å². The first kappa shape index (κ1) is 23.1. The van der Waals surface area contributed by atoms with E-state index in [0.29, 0.717) is 10.6 Å². The highest BCUT2D eigenvalue weighted by molar-refractivity contribution is 7.89. The molecule has 0 spiro atoms. The molecule has 2 aromatic carbocycles. The summed E-state index contributed by atoms with van der Waals surface area (Å²) < 4.78 is 46.7. The minimum absolute atomic E-state index is 0.00280. The Labute approximate surface area is 175 Å². The number of benzene rings is 2. The van der Waals surface area contributed by atoms with Crippen LogP contribution in [0.25, 0.3) is 0 Å². The van der Waals surface area contributed by atoms with Crippen molar-refractivity contribution >= 4 is 27.5 Å². The van der Waals surface area contributed by atoms with Crippen LogP contribution < -0.4 is 10.5 Å². The van der Waals surface area contributed by atoms with E-state index < -0.39 is 27.8 Å². The van der Waals surface area contributed by atoms with Gasteiger partial charge in [-0.15, -0.1) is 0 Å². The number of hydrogen-bond donors (Lipinski definition) is 1. The zero-order valence-electron chi connectivity index (χ0n) is 16.4. The average Bonchev–Trinajstić information content (AvgIpc) is 2.64. The van der Waals surface area contributed by atoms with Crippen molar-refractivity contribution in [3.63, 3.8) is 0 Å². The number of primary amides is 1. The highest BCUT2D eigenvalue weighted by Gasteiger charge is 2.35. The van der Waals surface area contributed by atoms with Gasteiger partial charge >= 0.3 is 0 Å². The van der Waals surface area contributed by atoms with Gasteiger partial charge in [0.1, 0.15) is 6.04 Å². The van der Waals surface area contributed by atoms with Crippen LogP contribution in [0.1, 0.15) is 25.8 Å². The minimum Gasteiger partial charge on any atom is -0.494 e. The Morgan fingerprint density at radius 3 is 2.31 bits per heavy atom.